The number of hydrogen-bond acceptors (Lipinski definition) is 4. The highest BCUT2D eigenvalue weighted by Crippen LogP contribution is 2.35. The van der Waals surface area contributed by atoms with Crippen molar-refractivity contribution in [2.75, 3.05) is 13.2 Å². The molecular formula is C22H24N2O3S. The van der Waals surface area contributed by atoms with E-state index in [-0.39, 0.29) is 5.91 Å². The molecule has 2 heterocycles. The van der Waals surface area contributed by atoms with Gasteiger partial charge in [-0.3, -0.25) is 4.79 Å². The first-order valence-corrected chi connectivity index (χ1v) is 10.5. The largest absolute Gasteiger partial charge is 0.486 e. The Morgan fingerprint density at radius 1 is 1.14 bits per heavy atom. The average molecular weight is 397 g/mol. The number of hydrogen-bond donors (Lipinski definition) is 0. The molecule has 0 aliphatic carbocycles. The Bertz CT molecular complexity index is 1080. The molecule has 1 aliphatic rings. The molecule has 0 spiro atoms. The monoisotopic (exact) mass is 396 g/mol. The molecule has 2 aromatic carbocycles. The van der Waals surface area contributed by atoms with Crippen molar-refractivity contribution in [1.82, 2.24) is 4.57 Å². The highest BCUT2D eigenvalue weighted by atomic mass is 32.1. The van der Waals surface area contributed by atoms with Crippen molar-refractivity contribution in [3.63, 3.8) is 0 Å². The first kappa shape index (κ1) is 18.7. The Hall–Kier alpha value is -2.60. The van der Waals surface area contributed by atoms with Crippen LogP contribution in [0.25, 0.3) is 10.2 Å². The number of carbonyl (C=O) groups is 1. The molecule has 6 heteroatoms. The highest BCUT2D eigenvalue weighted by molar-refractivity contribution is 7.16. The second-order valence-electron chi connectivity index (χ2n) is 7.17. The minimum Gasteiger partial charge on any atom is -0.486 e. The lowest BCUT2D eigenvalue weighted by Crippen LogP contribution is -2.17. The molecular weight excluding hydrogens is 372 g/mol. The Morgan fingerprint density at radius 3 is 2.46 bits per heavy atom. The lowest BCUT2D eigenvalue weighted by Gasteiger charge is -2.18. The van der Waals surface area contributed by atoms with Gasteiger partial charge in [-0.05, 0) is 24.0 Å². The number of carbonyl (C=O) groups excluding carboxylic acids is 1. The number of thiazole rings is 1. The normalized spacial score (nSPS) is 14.1. The van der Waals surface area contributed by atoms with Gasteiger partial charge in [0.25, 0.3) is 5.91 Å². The van der Waals surface area contributed by atoms with Crippen LogP contribution in [-0.4, -0.2) is 23.7 Å². The summed E-state index contributed by atoms with van der Waals surface area (Å²) >= 11 is 1.51. The molecule has 0 atom stereocenters. The van der Waals surface area contributed by atoms with Crippen molar-refractivity contribution in [3.05, 3.63) is 52.3 Å². The van der Waals surface area contributed by atoms with Crippen LogP contribution in [0.1, 0.15) is 37.8 Å². The molecule has 28 heavy (non-hydrogen) atoms. The maximum absolute atomic E-state index is 12.6. The smallest absolute Gasteiger partial charge is 0.252 e. The molecule has 5 nitrogen and oxygen atoms in total. The van der Waals surface area contributed by atoms with Crippen molar-refractivity contribution >= 4 is 27.5 Å². The van der Waals surface area contributed by atoms with Crippen molar-refractivity contribution in [1.29, 1.82) is 0 Å². The van der Waals surface area contributed by atoms with Crippen LogP contribution in [0.15, 0.2) is 41.4 Å². The summed E-state index contributed by atoms with van der Waals surface area (Å²) in [5.41, 5.74) is 3.28. The minimum atomic E-state index is -0.136. The van der Waals surface area contributed by atoms with Gasteiger partial charge in [0.05, 0.1) is 16.6 Å². The van der Waals surface area contributed by atoms with Crippen molar-refractivity contribution < 1.29 is 14.3 Å². The van der Waals surface area contributed by atoms with E-state index in [1.165, 1.54) is 16.9 Å². The van der Waals surface area contributed by atoms with Gasteiger partial charge in [-0.25, -0.2) is 0 Å². The minimum absolute atomic E-state index is 0.136. The summed E-state index contributed by atoms with van der Waals surface area (Å²) in [4.78, 5) is 17.7. The number of nitrogens with zero attached hydrogens (tertiary/aromatic N) is 2. The molecule has 1 aliphatic heterocycles. The van der Waals surface area contributed by atoms with Gasteiger partial charge in [0, 0.05) is 18.7 Å². The van der Waals surface area contributed by atoms with Gasteiger partial charge in [0.1, 0.15) is 13.2 Å². The van der Waals surface area contributed by atoms with E-state index in [0.717, 1.165) is 33.8 Å². The van der Waals surface area contributed by atoms with Gasteiger partial charge in [0.15, 0.2) is 16.3 Å². The number of aromatic nitrogens is 1. The maximum atomic E-state index is 12.6. The van der Waals surface area contributed by atoms with Crippen LogP contribution in [0.2, 0.25) is 0 Å². The molecule has 3 aromatic rings. The summed E-state index contributed by atoms with van der Waals surface area (Å²) in [6.07, 6.45) is 0.305. The van der Waals surface area contributed by atoms with Crippen molar-refractivity contribution in [2.24, 2.45) is 4.99 Å². The van der Waals surface area contributed by atoms with Crippen LogP contribution < -0.4 is 14.3 Å². The summed E-state index contributed by atoms with van der Waals surface area (Å²) in [5, 5.41) is 0. The first-order valence-electron chi connectivity index (χ1n) is 9.64. The lowest BCUT2D eigenvalue weighted by atomic mass is 10.0. The molecule has 0 radical (unpaired) electrons. The fourth-order valence-corrected chi connectivity index (χ4v) is 4.46. The van der Waals surface area contributed by atoms with Gasteiger partial charge in [-0.2, -0.15) is 4.99 Å². The van der Waals surface area contributed by atoms with Gasteiger partial charge < -0.3 is 14.0 Å². The third kappa shape index (κ3) is 3.69. The second-order valence-corrected chi connectivity index (χ2v) is 8.18. The molecule has 1 amide bonds. The number of fused-ring (bicyclic) bond motifs is 2. The van der Waals surface area contributed by atoms with Crippen LogP contribution in [-0.2, 0) is 17.8 Å². The van der Waals surface area contributed by atoms with E-state index in [9.17, 15) is 4.79 Å². The molecule has 0 bridgehead atoms. The second kappa shape index (κ2) is 7.80. The van der Waals surface area contributed by atoms with Gasteiger partial charge >= 0.3 is 0 Å². The number of benzene rings is 2. The number of amides is 1. The van der Waals surface area contributed by atoms with E-state index in [0.29, 0.717) is 30.4 Å². The zero-order chi connectivity index (χ0) is 19.7. The predicted molar refractivity (Wildman–Crippen MR) is 111 cm³/mol. The van der Waals surface area contributed by atoms with E-state index >= 15 is 0 Å². The molecule has 1 aromatic heterocycles. The lowest BCUT2D eigenvalue weighted by molar-refractivity contribution is -0.117. The van der Waals surface area contributed by atoms with Gasteiger partial charge in [0.2, 0.25) is 0 Å². The Kier molecular flexibility index (Phi) is 5.22. The maximum Gasteiger partial charge on any atom is 0.252 e. The molecule has 0 saturated carbocycles. The number of rotatable bonds is 4. The van der Waals surface area contributed by atoms with E-state index in [1.54, 1.807) is 0 Å². The molecule has 0 unspecified atom stereocenters. The molecule has 0 N–H and O–H groups in total. The number of ether oxygens (including phenoxy) is 2. The molecule has 4 rings (SSSR count). The Labute approximate surface area is 168 Å². The average Bonchev–Trinajstić information content (AvgIpc) is 3.02. The Balaban J connectivity index is 1.65. The Morgan fingerprint density at radius 2 is 1.82 bits per heavy atom. The third-order valence-corrected chi connectivity index (χ3v) is 5.93. The topological polar surface area (TPSA) is 52.8 Å². The zero-order valence-electron chi connectivity index (χ0n) is 16.4. The van der Waals surface area contributed by atoms with Crippen LogP contribution in [0, 0.1) is 0 Å². The quantitative estimate of drug-likeness (QED) is 0.661. The molecule has 0 fully saturated rings. The van der Waals surface area contributed by atoms with E-state index < -0.39 is 0 Å². The zero-order valence-corrected chi connectivity index (χ0v) is 17.2. The molecule has 146 valence electrons. The summed E-state index contributed by atoms with van der Waals surface area (Å²) in [6.45, 7) is 8.22. The summed E-state index contributed by atoms with van der Waals surface area (Å²) in [6, 6.07) is 12.2. The van der Waals surface area contributed by atoms with Gasteiger partial charge in [-0.1, -0.05) is 49.4 Å². The predicted octanol–water partition coefficient (Wildman–Crippen LogP) is 4.29. The van der Waals surface area contributed by atoms with Crippen LogP contribution >= 0.6 is 11.3 Å². The summed E-state index contributed by atoms with van der Waals surface area (Å²) in [5.74, 6) is 1.85. The summed E-state index contributed by atoms with van der Waals surface area (Å²) < 4.78 is 14.5. The van der Waals surface area contributed by atoms with E-state index in [4.69, 9.17) is 9.47 Å². The van der Waals surface area contributed by atoms with Crippen molar-refractivity contribution in [2.45, 2.75) is 39.7 Å². The molecule has 0 saturated heterocycles. The highest BCUT2D eigenvalue weighted by Gasteiger charge is 2.16. The fraction of sp³-hybridized carbons (Fsp3) is 0.364. The van der Waals surface area contributed by atoms with Gasteiger partial charge in [-0.15, -0.1) is 0 Å². The SMILES string of the molecule is CCn1c(=NC(=O)Cc2ccc(C(C)C)cc2)sc2cc3c(cc21)OCCO3. The number of aryl methyl sites for hydroxylation is 1. The standard InChI is InChI=1S/C22H24N2O3S/c1-4-24-17-12-18-19(27-10-9-26-18)13-20(17)28-22(24)23-21(25)11-15-5-7-16(8-6-15)14(2)3/h5-8,12-14H,4,9-11H2,1-3H3. The van der Waals surface area contributed by atoms with Crippen LogP contribution in [0.3, 0.4) is 0 Å². The first-order chi connectivity index (χ1) is 13.5. The van der Waals surface area contributed by atoms with Crippen LogP contribution in [0.4, 0.5) is 0 Å². The third-order valence-electron chi connectivity index (χ3n) is 4.89. The van der Waals surface area contributed by atoms with Crippen molar-refractivity contribution in [3.8, 4) is 11.5 Å². The fourth-order valence-electron chi connectivity index (χ4n) is 3.34. The van der Waals surface area contributed by atoms with Crippen LogP contribution in [0.5, 0.6) is 11.5 Å². The summed E-state index contributed by atoms with van der Waals surface area (Å²) in [7, 11) is 0. The van der Waals surface area contributed by atoms with E-state index in [1.807, 2.05) is 24.3 Å². The van der Waals surface area contributed by atoms with E-state index in [2.05, 4.69) is 42.5 Å².